The zero-order chi connectivity index (χ0) is 26.4. The van der Waals surface area contributed by atoms with Crippen LogP contribution in [0.3, 0.4) is 0 Å². The van der Waals surface area contributed by atoms with Crippen molar-refractivity contribution >= 4 is 34.6 Å². The van der Waals surface area contributed by atoms with Gasteiger partial charge in [0.25, 0.3) is 0 Å². The van der Waals surface area contributed by atoms with Gasteiger partial charge in [-0.1, -0.05) is 0 Å². The number of carbonyl (C=O) groups excluding carboxylic acids is 3. The standard InChI is InChI=1S/C23H28F3N3O6/c1-13-11-18(30)34-17-12-14(8-9-15(13)17)28-19(31)16(29-21(33)35-22(2,3)4)7-5-6-10-27-20(32)23(24,25)26/h8-9,11-12,16H,5-7,10H2,1-4H3,(H,27,32)(H,28,31)(H,29,33)/t16-/m0/s1. The highest BCUT2D eigenvalue weighted by atomic mass is 19.4. The Kier molecular flexibility index (Phi) is 8.88. The largest absolute Gasteiger partial charge is 0.471 e. The lowest BCUT2D eigenvalue weighted by atomic mass is 10.1. The molecule has 0 aliphatic rings. The van der Waals surface area contributed by atoms with Gasteiger partial charge in [-0.3, -0.25) is 9.59 Å². The Balaban J connectivity index is 2.07. The monoisotopic (exact) mass is 499 g/mol. The fraction of sp³-hybridized carbons (Fsp3) is 0.478. The maximum atomic E-state index is 12.9. The smallest absolute Gasteiger partial charge is 0.444 e. The fourth-order valence-electron chi connectivity index (χ4n) is 3.13. The van der Waals surface area contributed by atoms with Crippen LogP contribution in [0.2, 0.25) is 0 Å². The Bertz CT molecular complexity index is 1140. The van der Waals surface area contributed by atoms with Crippen LogP contribution in [-0.2, 0) is 14.3 Å². The summed E-state index contributed by atoms with van der Waals surface area (Å²) in [6.45, 7) is 6.44. The number of ether oxygens (including phenoxy) is 1. The van der Waals surface area contributed by atoms with Gasteiger partial charge in [0.15, 0.2) is 0 Å². The number of fused-ring (bicyclic) bond motifs is 1. The van der Waals surface area contributed by atoms with Gasteiger partial charge in [-0.2, -0.15) is 13.2 Å². The summed E-state index contributed by atoms with van der Waals surface area (Å²) in [7, 11) is 0. The lowest BCUT2D eigenvalue weighted by Gasteiger charge is -2.23. The van der Waals surface area contributed by atoms with E-state index in [9.17, 15) is 32.3 Å². The molecule has 192 valence electrons. The van der Waals surface area contributed by atoms with Crippen molar-refractivity contribution < 1.29 is 36.7 Å². The van der Waals surface area contributed by atoms with Crippen LogP contribution in [0.5, 0.6) is 0 Å². The van der Waals surface area contributed by atoms with E-state index in [1.807, 2.05) is 0 Å². The van der Waals surface area contributed by atoms with Gasteiger partial charge < -0.3 is 25.1 Å². The third-order valence-corrected chi connectivity index (χ3v) is 4.69. The van der Waals surface area contributed by atoms with Gasteiger partial charge in [0, 0.05) is 29.8 Å². The average Bonchev–Trinajstić information content (AvgIpc) is 2.69. The zero-order valence-electron chi connectivity index (χ0n) is 19.8. The second-order valence-corrected chi connectivity index (χ2v) is 8.90. The first kappa shape index (κ1) is 27.7. The van der Waals surface area contributed by atoms with Gasteiger partial charge in [0.1, 0.15) is 17.2 Å². The first-order chi connectivity index (χ1) is 16.2. The Labute approximate surface area is 199 Å². The predicted octanol–water partition coefficient (Wildman–Crippen LogP) is 3.78. The van der Waals surface area contributed by atoms with Crippen molar-refractivity contribution in [3.63, 3.8) is 0 Å². The number of alkyl carbamates (subject to hydrolysis) is 1. The normalized spacial score (nSPS) is 12.7. The average molecular weight is 499 g/mol. The van der Waals surface area contributed by atoms with E-state index in [0.29, 0.717) is 16.6 Å². The first-order valence-electron chi connectivity index (χ1n) is 10.9. The van der Waals surface area contributed by atoms with Crippen molar-refractivity contribution in [3.8, 4) is 0 Å². The van der Waals surface area contributed by atoms with Gasteiger partial charge >= 0.3 is 23.8 Å². The number of rotatable bonds is 8. The molecule has 2 rings (SSSR count). The van der Waals surface area contributed by atoms with E-state index in [4.69, 9.17) is 9.15 Å². The fourth-order valence-corrected chi connectivity index (χ4v) is 3.13. The molecule has 0 aliphatic heterocycles. The second kappa shape index (κ2) is 11.2. The van der Waals surface area contributed by atoms with Crippen LogP contribution < -0.4 is 21.6 Å². The summed E-state index contributed by atoms with van der Waals surface area (Å²) in [6, 6.07) is 5.01. The quantitative estimate of drug-likeness (QED) is 0.375. The zero-order valence-corrected chi connectivity index (χ0v) is 19.8. The van der Waals surface area contributed by atoms with E-state index in [0.717, 1.165) is 0 Å². The molecule has 1 atom stereocenters. The summed E-state index contributed by atoms with van der Waals surface area (Å²) in [5.74, 6) is -2.65. The summed E-state index contributed by atoms with van der Waals surface area (Å²) in [5.41, 5.74) is -0.0768. The number of amides is 3. The third kappa shape index (κ3) is 8.95. The number of unbranched alkanes of at least 4 members (excludes halogenated alkanes) is 1. The van der Waals surface area contributed by atoms with E-state index in [1.165, 1.54) is 12.1 Å². The Hall–Kier alpha value is -3.57. The molecule has 0 radical (unpaired) electrons. The molecule has 0 spiro atoms. The summed E-state index contributed by atoms with van der Waals surface area (Å²) in [4.78, 5) is 47.6. The maximum absolute atomic E-state index is 12.9. The number of halogens is 3. The van der Waals surface area contributed by atoms with Gasteiger partial charge in [0.2, 0.25) is 5.91 Å². The molecular weight excluding hydrogens is 471 g/mol. The molecule has 0 saturated carbocycles. The van der Waals surface area contributed by atoms with Crippen molar-refractivity contribution in [1.29, 1.82) is 0 Å². The third-order valence-electron chi connectivity index (χ3n) is 4.69. The van der Waals surface area contributed by atoms with Crippen LogP contribution in [0.1, 0.15) is 45.6 Å². The molecule has 0 unspecified atom stereocenters. The van der Waals surface area contributed by atoms with Gasteiger partial charge in [-0.25, -0.2) is 9.59 Å². The summed E-state index contributed by atoms with van der Waals surface area (Å²) < 4.78 is 47.2. The van der Waals surface area contributed by atoms with E-state index in [-0.39, 0.29) is 31.4 Å². The molecule has 2 aromatic rings. The highest BCUT2D eigenvalue weighted by Gasteiger charge is 2.38. The number of aryl methyl sites for hydroxylation is 1. The van der Waals surface area contributed by atoms with Crippen LogP contribution in [0.25, 0.3) is 11.0 Å². The molecule has 9 nitrogen and oxygen atoms in total. The molecule has 35 heavy (non-hydrogen) atoms. The molecule has 3 N–H and O–H groups in total. The maximum Gasteiger partial charge on any atom is 0.471 e. The van der Waals surface area contributed by atoms with Crippen LogP contribution in [-0.4, -0.2) is 42.3 Å². The Morgan fingerprint density at radius 2 is 1.77 bits per heavy atom. The van der Waals surface area contributed by atoms with Gasteiger partial charge in [-0.15, -0.1) is 0 Å². The summed E-state index contributed by atoms with van der Waals surface area (Å²) >= 11 is 0. The van der Waals surface area contributed by atoms with Crippen molar-refractivity contribution in [2.45, 2.75) is 64.8 Å². The van der Waals surface area contributed by atoms with Crippen molar-refractivity contribution in [2.75, 3.05) is 11.9 Å². The lowest BCUT2D eigenvalue weighted by Crippen LogP contribution is -2.45. The molecular formula is C23H28F3N3O6. The molecule has 0 saturated heterocycles. The second-order valence-electron chi connectivity index (χ2n) is 8.90. The van der Waals surface area contributed by atoms with Gasteiger partial charge in [-0.05, 0) is 64.7 Å². The molecule has 1 heterocycles. The van der Waals surface area contributed by atoms with Crippen LogP contribution in [0, 0.1) is 6.92 Å². The molecule has 0 aliphatic carbocycles. The number of hydrogen-bond donors (Lipinski definition) is 3. The van der Waals surface area contributed by atoms with E-state index < -0.39 is 41.4 Å². The summed E-state index contributed by atoms with van der Waals surface area (Å²) in [5, 5.41) is 7.53. The van der Waals surface area contributed by atoms with Crippen molar-refractivity contribution in [2.24, 2.45) is 0 Å². The van der Waals surface area contributed by atoms with E-state index in [2.05, 4.69) is 10.6 Å². The van der Waals surface area contributed by atoms with Crippen molar-refractivity contribution in [1.82, 2.24) is 10.6 Å². The van der Waals surface area contributed by atoms with Gasteiger partial charge in [0.05, 0.1) is 0 Å². The molecule has 1 aromatic carbocycles. The minimum Gasteiger partial charge on any atom is -0.444 e. The Morgan fingerprint density at radius 1 is 1.09 bits per heavy atom. The minimum atomic E-state index is -4.97. The van der Waals surface area contributed by atoms with E-state index >= 15 is 0 Å². The molecule has 0 fully saturated rings. The number of alkyl halides is 3. The van der Waals surface area contributed by atoms with E-state index in [1.54, 1.807) is 45.1 Å². The number of hydrogen-bond acceptors (Lipinski definition) is 6. The number of benzene rings is 1. The first-order valence-corrected chi connectivity index (χ1v) is 10.9. The topological polar surface area (TPSA) is 127 Å². The van der Waals surface area contributed by atoms with Crippen molar-refractivity contribution in [3.05, 3.63) is 40.2 Å². The van der Waals surface area contributed by atoms with Crippen LogP contribution >= 0.6 is 0 Å². The summed E-state index contributed by atoms with van der Waals surface area (Å²) in [6.07, 6.45) is -5.39. The molecule has 0 bridgehead atoms. The van der Waals surface area contributed by atoms with Crippen LogP contribution in [0.4, 0.5) is 23.7 Å². The highest BCUT2D eigenvalue weighted by molar-refractivity contribution is 5.98. The molecule has 12 heteroatoms. The SMILES string of the molecule is Cc1cc(=O)oc2cc(NC(=O)[C@H](CCCCNC(=O)C(F)(F)F)NC(=O)OC(C)(C)C)ccc12. The predicted molar refractivity (Wildman–Crippen MR) is 122 cm³/mol. The lowest BCUT2D eigenvalue weighted by molar-refractivity contribution is -0.173. The number of anilines is 1. The number of carbonyl (C=O) groups is 3. The Morgan fingerprint density at radius 3 is 2.40 bits per heavy atom. The molecule has 3 amide bonds. The van der Waals surface area contributed by atoms with Crippen LogP contribution in [0.15, 0.2) is 33.5 Å². The minimum absolute atomic E-state index is 0.0642. The number of nitrogens with one attached hydrogen (secondary N) is 3. The molecule has 1 aromatic heterocycles. The highest BCUT2D eigenvalue weighted by Crippen LogP contribution is 2.21.